The lowest BCUT2D eigenvalue weighted by Gasteiger charge is -2.30. The van der Waals surface area contributed by atoms with Crippen LogP contribution in [0.1, 0.15) is 25.0 Å². The molecule has 1 aliphatic rings. The molecule has 0 saturated carbocycles. The van der Waals surface area contributed by atoms with Gasteiger partial charge in [0.2, 0.25) is 0 Å². The Bertz CT molecular complexity index is 3140. The molecule has 10 aromatic rings. The SMILES string of the molecule is CC1(C)c2ccccc2-c2ccc(N(c3ccc(-c4ccc(-c5ccccc5)cc4)cc3)c3ccc4oc5ccccc5c4c3-c3ccc(-c4ccccc4)cc3)cc21. The van der Waals surface area contributed by atoms with Gasteiger partial charge in [0.05, 0.1) is 5.69 Å². The number of fused-ring (bicyclic) bond motifs is 6. The van der Waals surface area contributed by atoms with Crippen molar-refractivity contribution in [3.8, 4) is 55.6 Å². The molecule has 0 bridgehead atoms. The molecule has 2 nitrogen and oxygen atoms in total. The standard InChI is InChI=1S/C57H41NO/c1-57(2)50-19-11-9-17-47(50)48-34-33-46(37-51(48)57)58(45-31-29-43(30-32-45)42-23-21-40(22-24-42)38-13-5-3-6-14-38)52-35-36-54-56(49-18-10-12-20-53(49)59-54)55(52)44-27-25-41(26-28-44)39-15-7-4-8-16-39/h3-37H,1-2H3. The maximum Gasteiger partial charge on any atom is 0.136 e. The third kappa shape index (κ3) is 5.87. The van der Waals surface area contributed by atoms with Crippen molar-refractivity contribution in [3.63, 3.8) is 0 Å². The van der Waals surface area contributed by atoms with Gasteiger partial charge in [0.25, 0.3) is 0 Å². The minimum atomic E-state index is -0.149. The molecule has 0 spiro atoms. The van der Waals surface area contributed by atoms with Crippen LogP contribution in [-0.4, -0.2) is 0 Å². The lowest BCUT2D eigenvalue weighted by Crippen LogP contribution is -2.17. The fraction of sp³-hybridized carbons (Fsp3) is 0.0526. The maximum absolute atomic E-state index is 6.56. The highest BCUT2D eigenvalue weighted by molar-refractivity contribution is 6.16. The first-order valence-electron chi connectivity index (χ1n) is 20.4. The van der Waals surface area contributed by atoms with Crippen molar-refractivity contribution in [2.24, 2.45) is 0 Å². The van der Waals surface area contributed by atoms with Crippen LogP contribution in [0.5, 0.6) is 0 Å². The first kappa shape index (κ1) is 34.8. The topological polar surface area (TPSA) is 16.4 Å². The van der Waals surface area contributed by atoms with E-state index in [4.69, 9.17) is 4.42 Å². The van der Waals surface area contributed by atoms with Crippen LogP contribution in [-0.2, 0) is 5.41 Å². The summed E-state index contributed by atoms with van der Waals surface area (Å²) in [6, 6.07) is 76.8. The van der Waals surface area contributed by atoms with Crippen LogP contribution >= 0.6 is 0 Å². The third-order valence-electron chi connectivity index (χ3n) is 12.3. The van der Waals surface area contributed by atoms with E-state index >= 15 is 0 Å². The van der Waals surface area contributed by atoms with Gasteiger partial charge >= 0.3 is 0 Å². The van der Waals surface area contributed by atoms with E-state index in [2.05, 4.69) is 225 Å². The molecular weight excluding hydrogens is 715 g/mol. The Kier molecular flexibility index (Phi) is 8.20. The average Bonchev–Trinajstić information content (AvgIpc) is 3.79. The van der Waals surface area contributed by atoms with Gasteiger partial charge in [-0.15, -0.1) is 0 Å². The van der Waals surface area contributed by atoms with Gasteiger partial charge in [0.15, 0.2) is 0 Å². The first-order chi connectivity index (χ1) is 29.0. The van der Waals surface area contributed by atoms with Gasteiger partial charge in [-0.2, -0.15) is 0 Å². The summed E-state index contributed by atoms with van der Waals surface area (Å²) in [5.74, 6) is 0. The highest BCUT2D eigenvalue weighted by Crippen LogP contribution is 2.52. The number of para-hydroxylation sites is 1. The smallest absolute Gasteiger partial charge is 0.136 e. The predicted molar refractivity (Wildman–Crippen MR) is 248 cm³/mol. The second-order valence-corrected chi connectivity index (χ2v) is 16.1. The monoisotopic (exact) mass is 755 g/mol. The summed E-state index contributed by atoms with van der Waals surface area (Å²) in [5, 5.41) is 2.21. The molecule has 1 aliphatic carbocycles. The van der Waals surface area contributed by atoms with E-state index in [0.29, 0.717) is 0 Å². The summed E-state index contributed by atoms with van der Waals surface area (Å²) in [6.45, 7) is 4.71. The molecule has 1 aromatic heterocycles. The van der Waals surface area contributed by atoms with E-state index in [1.54, 1.807) is 0 Å². The summed E-state index contributed by atoms with van der Waals surface area (Å²) >= 11 is 0. The minimum Gasteiger partial charge on any atom is -0.456 e. The molecule has 2 heteroatoms. The number of nitrogens with zero attached hydrogens (tertiary/aromatic N) is 1. The molecule has 0 aliphatic heterocycles. The van der Waals surface area contributed by atoms with Crippen LogP contribution in [0.4, 0.5) is 17.1 Å². The van der Waals surface area contributed by atoms with E-state index in [1.807, 2.05) is 6.07 Å². The van der Waals surface area contributed by atoms with Crippen LogP contribution in [0.3, 0.4) is 0 Å². The normalized spacial score (nSPS) is 12.7. The quantitative estimate of drug-likeness (QED) is 0.161. The van der Waals surface area contributed by atoms with Crippen LogP contribution in [0, 0.1) is 0 Å². The highest BCUT2D eigenvalue weighted by Gasteiger charge is 2.36. The molecular formula is C57H41NO. The molecule has 0 fully saturated rings. The highest BCUT2D eigenvalue weighted by atomic mass is 16.3. The molecule has 9 aromatic carbocycles. The number of hydrogen-bond donors (Lipinski definition) is 0. The van der Waals surface area contributed by atoms with Gasteiger partial charge in [0, 0.05) is 33.1 Å². The van der Waals surface area contributed by atoms with Crippen molar-refractivity contribution >= 4 is 39.0 Å². The molecule has 280 valence electrons. The van der Waals surface area contributed by atoms with Crippen molar-refractivity contribution in [2.75, 3.05) is 4.90 Å². The molecule has 1 heterocycles. The van der Waals surface area contributed by atoms with Crippen molar-refractivity contribution < 1.29 is 4.42 Å². The van der Waals surface area contributed by atoms with Crippen LogP contribution in [0.25, 0.3) is 77.6 Å². The number of anilines is 3. The number of furan rings is 1. The Balaban J connectivity index is 1.11. The summed E-state index contributed by atoms with van der Waals surface area (Å²) in [7, 11) is 0. The Morgan fingerprint density at radius 1 is 0.373 bits per heavy atom. The molecule has 0 unspecified atom stereocenters. The van der Waals surface area contributed by atoms with Crippen molar-refractivity contribution in [1.82, 2.24) is 0 Å². The second kappa shape index (κ2) is 13.9. The van der Waals surface area contributed by atoms with Gasteiger partial charge in [-0.05, 0) is 104 Å². The molecule has 0 N–H and O–H groups in total. The Labute approximate surface area is 345 Å². The minimum absolute atomic E-state index is 0.149. The van der Waals surface area contributed by atoms with Gasteiger partial charge in [-0.25, -0.2) is 0 Å². The predicted octanol–water partition coefficient (Wildman–Crippen LogP) is 16.0. The van der Waals surface area contributed by atoms with Crippen LogP contribution in [0.15, 0.2) is 217 Å². The molecule has 0 amide bonds. The number of rotatable bonds is 7. The zero-order chi connectivity index (χ0) is 39.5. The summed E-state index contributed by atoms with van der Waals surface area (Å²) in [4.78, 5) is 2.45. The summed E-state index contributed by atoms with van der Waals surface area (Å²) < 4.78 is 6.56. The zero-order valence-electron chi connectivity index (χ0n) is 33.1. The zero-order valence-corrected chi connectivity index (χ0v) is 33.1. The Morgan fingerprint density at radius 2 is 0.864 bits per heavy atom. The van der Waals surface area contributed by atoms with Crippen molar-refractivity contribution in [3.05, 3.63) is 223 Å². The van der Waals surface area contributed by atoms with Gasteiger partial charge < -0.3 is 9.32 Å². The first-order valence-corrected chi connectivity index (χ1v) is 20.4. The lowest BCUT2D eigenvalue weighted by atomic mass is 9.82. The van der Waals surface area contributed by atoms with E-state index in [0.717, 1.165) is 50.1 Å². The van der Waals surface area contributed by atoms with Gasteiger partial charge in [0.1, 0.15) is 11.2 Å². The van der Waals surface area contributed by atoms with Crippen molar-refractivity contribution in [2.45, 2.75) is 19.3 Å². The van der Waals surface area contributed by atoms with Crippen LogP contribution in [0.2, 0.25) is 0 Å². The molecule has 0 atom stereocenters. The lowest BCUT2D eigenvalue weighted by molar-refractivity contribution is 0.660. The van der Waals surface area contributed by atoms with Gasteiger partial charge in [-0.3, -0.25) is 0 Å². The van der Waals surface area contributed by atoms with Gasteiger partial charge in [-0.1, -0.05) is 184 Å². The number of benzene rings is 9. The second-order valence-electron chi connectivity index (χ2n) is 16.1. The largest absolute Gasteiger partial charge is 0.456 e. The maximum atomic E-state index is 6.56. The number of hydrogen-bond acceptors (Lipinski definition) is 2. The molecule has 11 rings (SSSR count). The fourth-order valence-corrected chi connectivity index (χ4v) is 9.29. The molecule has 0 radical (unpaired) electrons. The summed E-state index contributed by atoms with van der Waals surface area (Å²) in [5.41, 5.74) is 19.6. The fourth-order valence-electron chi connectivity index (χ4n) is 9.29. The average molecular weight is 756 g/mol. The Morgan fingerprint density at radius 3 is 1.51 bits per heavy atom. The van der Waals surface area contributed by atoms with E-state index < -0.39 is 0 Å². The van der Waals surface area contributed by atoms with E-state index in [1.165, 1.54) is 55.6 Å². The van der Waals surface area contributed by atoms with Crippen LogP contribution < -0.4 is 4.90 Å². The van der Waals surface area contributed by atoms with E-state index in [-0.39, 0.29) is 5.41 Å². The van der Waals surface area contributed by atoms with E-state index in [9.17, 15) is 0 Å². The third-order valence-corrected chi connectivity index (χ3v) is 12.3. The van der Waals surface area contributed by atoms with Crippen molar-refractivity contribution in [1.29, 1.82) is 0 Å². The molecule has 59 heavy (non-hydrogen) atoms. The Hall–Kier alpha value is -7.42. The summed E-state index contributed by atoms with van der Waals surface area (Å²) in [6.07, 6.45) is 0. The molecule has 0 saturated heterocycles.